The Labute approximate surface area is 754 Å². The molecule has 20 rings (SSSR count). The molecule has 0 aliphatic heterocycles. The molecule has 0 aliphatic rings. The van der Waals surface area contributed by atoms with Gasteiger partial charge < -0.3 is 9.13 Å². The van der Waals surface area contributed by atoms with Crippen molar-refractivity contribution in [3.05, 3.63) is 493 Å². The van der Waals surface area contributed by atoms with E-state index in [4.69, 9.17) is 23.2 Å². The van der Waals surface area contributed by atoms with E-state index in [1.165, 1.54) is 75.5 Å². The van der Waals surface area contributed by atoms with Crippen molar-refractivity contribution in [3.63, 3.8) is 0 Å². The molecule has 0 bridgehead atoms. The second kappa shape index (κ2) is 44.7. The number of aromatic nitrogens is 8. The molecule has 0 radical (unpaired) electrons. The number of hydrogen-bond acceptors (Lipinski definition) is 7. The summed E-state index contributed by atoms with van der Waals surface area (Å²) in [6, 6.07) is 148. The molecule has 122 heavy (non-hydrogen) atoms. The Morgan fingerprint density at radius 3 is 0.779 bits per heavy atom. The van der Waals surface area contributed by atoms with Gasteiger partial charge in [0.1, 0.15) is 30.0 Å². The van der Waals surface area contributed by atoms with E-state index in [9.17, 15) is 5.26 Å². The molecule has 0 amide bonds. The van der Waals surface area contributed by atoms with Gasteiger partial charge in [-0.05, 0) is 165 Å². The zero-order valence-electron chi connectivity index (χ0n) is 66.1. The second-order valence-corrected chi connectivity index (χ2v) is 38.6. The molecule has 6 heterocycles. The third kappa shape index (κ3) is 23.1. The van der Waals surface area contributed by atoms with Crippen molar-refractivity contribution >= 4 is 185 Å². The number of fused-ring (bicyclic) bond motifs is 4. The van der Waals surface area contributed by atoms with Crippen LogP contribution in [0.15, 0.2) is 462 Å². The van der Waals surface area contributed by atoms with Crippen molar-refractivity contribution in [1.29, 1.82) is 5.26 Å². The van der Waals surface area contributed by atoms with Gasteiger partial charge in [-0.1, -0.05) is 399 Å². The van der Waals surface area contributed by atoms with E-state index < -0.39 is 31.7 Å². The molecule has 0 aliphatic carbocycles. The van der Waals surface area contributed by atoms with Crippen LogP contribution in [-0.2, 0) is 33.5 Å². The minimum Gasteiger partial charge on any atom is -0.327 e. The first kappa shape index (κ1) is 86.7. The number of benzene rings is 14. The predicted molar refractivity (Wildman–Crippen MR) is 525 cm³/mol. The van der Waals surface area contributed by atoms with Crippen molar-refractivity contribution in [2.24, 2.45) is 0 Å². The second-order valence-electron chi connectivity index (χ2n) is 27.6. The van der Waals surface area contributed by atoms with Crippen molar-refractivity contribution < 1.29 is 20.4 Å². The van der Waals surface area contributed by atoms with Crippen molar-refractivity contribution in [3.8, 4) is 6.07 Å². The van der Waals surface area contributed by atoms with E-state index in [1.54, 1.807) is 31.1 Å². The molecule has 0 atom stereocenters. The number of nitriles is 1. The molecule has 20 aromatic rings. The molecule has 14 aromatic carbocycles. The molecule has 17 heteroatoms. The fourth-order valence-corrected chi connectivity index (χ4v) is 24.2. The van der Waals surface area contributed by atoms with E-state index >= 15 is 0 Å². The number of hydrogen-bond donors (Lipinski definition) is 0. The Morgan fingerprint density at radius 1 is 0.287 bits per heavy atom. The van der Waals surface area contributed by atoms with Crippen LogP contribution in [0.4, 0.5) is 0 Å². The maximum Gasteiger partial charge on any atom is 0.144 e. The normalized spacial score (nSPS) is 10.7. The van der Waals surface area contributed by atoms with E-state index in [0.29, 0.717) is 22.2 Å². The average Bonchev–Trinajstić information content (AvgIpc) is 1.67. The fraction of sp³-hybridized carbons (Fsp3) is 0.0190. The third-order valence-corrected chi connectivity index (χ3v) is 30.5. The van der Waals surface area contributed by atoms with Crippen molar-refractivity contribution in [1.82, 2.24) is 39.0 Å². The molecular formula is C105H80Cl2IN9P4Pd. The van der Waals surface area contributed by atoms with Gasteiger partial charge in [-0.25, -0.2) is 19.9 Å². The minimum absolute atomic E-state index is 0. The summed E-state index contributed by atoms with van der Waals surface area (Å²) in [5.41, 5.74) is 6.39. The summed E-state index contributed by atoms with van der Waals surface area (Å²) >= 11 is 14.3. The smallest absolute Gasteiger partial charge is 0.144 e. The van der Waals surface area contributed by atoms with E-state index in [1.807, 2.05) is 47.2 Å². The Bertz CT molecular complexity index is 5810. The van der Waals surface area contributed by atoms with E-state index in [2.05, 4.69) is 445 Å². The van der Waals surface area contributed by atoms with Crippen LogP contribution in [0.25, 0.3) is 43.9 Å². The first-order valence-electron chi connectivity index (χ1n) is 39.3. The van der Waals surface area contributed by atoms with Crippen LogP contribution < -0.4 is 63.7 Å². The largest absolute Gasteiger partial charge is 0.327 e. The molecular weight excluding hydrogens is 1820 g/mol. The van der Waals surface area contributed by atoms with Crippen molar-refractivity contribution in [2.75, 3.05) is 0 Å². The molecule has 9 nitrogen and oxygen atoms in total. The Morgan fingerprint density at radius 2 is 0.525 bits per heavy atom. The summed E-state index contributed by atoms with van der Waals surface area (Å²) in [5.74, 6) is 0. The van der Waals surface area contributed by atoms with Gasteiger partial charge in [0.15, 0.2) is 0 Å². The number of nitrogens with zero attached hydrogens (tertiary/aromatic N) is 9. The molecule has 0 saturated heterocycles. The van der Waals surface area contributed by atoms with Gasteiger partial charge in [0, 0.05) is 85.0 Å². The number of pyridine rings is 2. The van der Waals surface area contributed by atoms with Crippen LogP contribution >= 0.6 is 77.5 Å². The fourth-order valence-electron chi connectivity index (χ4n) is 14.0. The number of rotatable bonds is 16. The van der Waals surface area contributed by atoms with Crippen LogP contribution in [-0.4, -0.2) is 39.0 Å². The van der Waals surface area contributed by atoms with Gasteiger partial charge in [0.2, 0.25) is 0 Å². The maximum atomic E-state index is 9.25. The molecule has 0 unspecified atom stereocenters. The van der Waals surface area contributed by atoms with Gasteiger partial charge in [0.05, 0.1) is 37.4 Å². The van der Waals surface area contributed by atoms with Crippen LogP contribution in [0.1, 0.15) is 16.7 Å². The van der Waals surface area contributed by atoms with Crippen LogP contribution in [0.2, 0.25) is 10.0 Å². The average molecular weight is 1900 g/mol. The van der Waals surface area contributed by atoms with Crippen LogP contribution in [0, 0.1) is 14.9 Å². The van der Waals surface area contributed by atoms with Gasteiger partial charge >= 0.3 is 0 Å². The summed E-state index contributed by atoms with van der Waals surface area (Å²) in [6.07, 6.45) is 13.8. The predicted octanol–water partition coefficient (Wildman–Crippen LogP) is 21.6. The van der Waals surface area contributed by atoms with Crippen molar-refractivity contribution in [2.45, 2.75) is 13.1 Å². The first-order chi connectivity index (χ1) is 59.7. The SMILES string of the molecule is Clc1cnc2ccc(Cn3cc(I)c4cncnc43)cc2c1.N#Cc1cn(Cc2ccc3ncc(Cl)cc3c2)c2ncncc12.[Pd].c1ccc(P(c2ccccc2)c2ccccc2)cc1.c1ccc(P(c2ccccc2)c2ccccc2)cc1.c1ccc(P(c2ccccc2)c2ccccc2)cc1.c1ccc(P(c2ccccc2)c2ccccc2)cc1. The molecule has 0 fully saturated rings. The quantitative estimate of drug-likeness (QED) is 0.0538. The third-order valence-electron chi connectivity index (χ3n) is 19.5. The number of halogens is 3. The van der Waals surface area contributed by atoms with E-state index in [0.717, 1.165) is 59.6 Å². The summed E-state index contributed by atoms with van der Waals surface area (Å²) in [7, 11) is -1.78. The Kier molecular flexibility index (Phi) is 31.8. The molecule has 6 aromatic heterocycles. The zero-order valence-corrected chi connectivity index (χ0v) is 74.9. The topological polar surface area (TPSA) is 111 Å². The summed E-state index contributed by atoms with van der Waals surface area (Å²) in [4.78, 5) is 25.4. The monoisotopic (exact) mass is 1890 g/mol. The molecule has 0 saturated carbocycles. The standard InChI is InChI=1S/4C18H15P.C17H10ClN5.C16H10ClIN4.Pd/c4*1-4-10-16(11-5-1)19(17-12-6-2-7-13-17)18-14-8-3-9-15-18;18-14-4-12-3-11(1-2-16(12)21-6-14)8-23-9-13(5-19)15-7-20-10-22-17(15)23;17-12-4-11-3-10(1-2-15(11)20-5-12)7-22-8-14(18)13-6-19-9-21-16(13)22;/h4*1-15H;1-4,6-7,9-10H,8H2;1-6,8-9H,7H2;. The first-order valence-corrected chi connectivity index (χ1v) is 46.5. The van der Waals surface area contributed by atoms with Gasteiger partial charge in [-0.2, -0.15) is 5.26 Å². The van der Waals surface area contributed by atoms with Crippen LogP contribution in [0.5, 0.6) is 0 Å². The van der Waals surface area contributed by atoms with Crippen LogP contribution in [0.3, 0.4) is 0 Å². The molecule has 0 spiro atoms. The summed E-state index contributed by atoms with van der Waals surface area (Å²) < 4.78 is 5.24. The van der Waals surface area contributed by atoms with E-state index in [-0.39, 0.29) is 20.4 Å². The zero-order chi connectivity index (χ0) is 82.6. The molecule has 596 valence electrons. The molecule has 0 N–H and O–H groups in total. The van der Waals surface area contributed by atoms with Gasteiger partial charge in [-0.3, -0.25) is 9.97 Å². The Balaban J connectivity index is 0.000000120. The summed E-state index contributed by atoms with van der Waals surface area (Å²) in [6.45, 7) is 1.36. The van der Waals surface area contributed by atoms with Gasteiger partial charge in [-0.15, -0.1) is 0 Å². The maximum absolute atomic E-state index is 9.25. The minimum atomic E-state index is -0.446. The summed E-state index contributed by atoms with van der Waals surface area (Å²) in [5, 5.41) is 31.2. The van der Waals surface area contributed by atoms with Gasteiger partial charge in [0.25, 0.3) is 0 Å². The Hall–Kier alpha value is -11.7.